The van der Waals surface area contributed by atoms with Crippen LogP contribution < -0.4 is 5.32 Å². The smallest absolute Gasteiger partial charge is 0.341 e. The lowest BCUT2D eigenvalue weighted by Crippen LogP contribution is -2.24. The van der Waals surface area contributed by atoms with Gasteiger partial charge in [0.1, 0.15) is 11.4 Å². The van der Waals surface area contributed by atoms with E-state index in [0.29, 0.717) is 24.2 Å². The monoisotopic (exact) mass is 434 g/mol. The average molecular weight is 434 g/mol. The Kier molecular flexibility index (Phi) is 5.58. The fourth-order valence-electron chi connectivity index (χ4n) is 3.75. The highest BCUT2D eigenvalue weighted by Gasteiger charge is 2.39. The Balaban J connectivity index is 1.87. The molecule has 164 valence electrons. The number of nitrogens with zero attached hydrogens (tertiary/aromatic N) is 3. The molecule has 9 nitrogen and oxygen atoms in total. The number of ketones is 2. The molecule has 0 aliphatic heterocycles. The number of rotatable bonds is 6. The van der Waals surface area contributed by atoms with Crippen molar-refractivity contribution >= 4 is 34.6 Å². The van der Waals surface area contributed by atoms with Crippen LogP contribution in [0.15, 0.2) is 36.7 Å². The van der Waals surface area contributed by atoms with E-state index >= 15 is 0 Å². The molecule has 0 radical (unpaired) electrons. The Labute approximate surface area is 184 Å². The zero-order valence-corrected chi connectivity index (χ0v) is 18.0. The van der Waals surface area contributed by atoms with E-state index in [0.717, 1.165) is 0 Å². The van der Waals surface area contributed by atoms with Crippen LogP contribution in [-0.4, -0.2) is 65.0 Å². The molecule has 0 spiro atoms. The Morgan fingerprint density at radius 1 is 1.19 bits per heavy atom. The number of hydrogen-bond donors (Lipinski definition) is 1. The van der Waals surface area contributed by atoms with Gasteiger partial charge in [-0.3, -0.25) is 19.4 Å². The lowest BCUT2D eigenvalue weighted by molar-refractivity contribution is -0.116. The summed E-state index contributed by atoms with van der Waals surface area (Å²) < 4.78 is 6.67. The summed E-state index contributed by atoms with van der Waals surface area (Å²) in [7, 11) is 3.74. The van der Waals surface area contributed by atoms with Crippen molar-refractivity contribution in [3.05, 3.63) is 64.7 Å². The topological polar surface area (TPSA) is 110 Å². The first kappa shape index (κ1) is 21.4. The highest BCUT2D eigenvalue weighted by Crippen LogP contribution is 2.34. The van der Waals surface area contributed by atoms with Crippen molar-refractivity contribution in [3.8, 4) is 0 Å². The van der Waals surface area contributed by atoms with Gasteiger partial charge in [-0.2, -0.15) is 0 Å². The number of amides is 1. The van der Waals surface area contributed by atoms with Crippen molar-refractivity contribution in [2.75, 3.05) is 32.6 Å². The van der Waals surface area contributed by atoms with Crippen LogP contribution in [0.1, 0.15) is 55.8 Å². The number of anilines is 1. The summed E-state index contributed by atoms with van der Waals surface area (Å²) in [6.45, 7) is 2.34. The third-order valence-corrected chi connectivity index (χ3v) is 5.20. The molecule has 3 aromatic rings. The third kappa shape index (κ3) is 3.56. The Bertz CT molecular complexity index is 1270. The van der Waals surface area contributed by atoms with Gasteiger partial charge in [0, 0.05) is 31.0 Å². The van der Waals surface area contributed by atoms with Crippen molar-refractivity contribution in [3.63, 3.8) is 0 Å². The number of ether oxygens (including phenoxy) is 1. The quantitative estimate of drug-likeness (QED) is 0.463. The minimum atomic E-state index is -0.712. The second-order valence-corrected chi connectivity index (χ2v) is 7.65. The van der Waals surface area contributed by atoms with Crippen molar-refractivity contribution in [2.24, 2.45) is 0 Å². The zero-order chi connectivity index (χ0) is 23.0. The minimum absolute atomic E-state index is 0.000839. The molecule has 0 aromatic carbocycles. The first-order valence-electron chi connectivity index (χ1n) is 10.2. The second kappa shape index (κ2) is 8.35. The predicted octanol–water partition coefficient (Wildman–Crippen LogP) is 2.18. The van der Waals surface area contributed by atoms with Crippen LogP contribution in [0.5, 0.6) is 0 Å². The molecule has 1 aliphatic rings. The average Bonchev–Trinajstić information content (AvgIpc) is 3.11. The standard InChI is InChI=1S/C23H22N4O5/c1-4-32-23(31)17-15-12-13(25-16(28)8-10-26(2)3)7-11-27(15)20-18(17)21(29)14-6-5-9-24-19(14)22(20)30/h5-7,9,11-12H,4,8,10H2,1-3H3,(H,25,28). The van der Waals surface area contributed by atoms with Gasteiger partial charge in [0.25, 0.3) is 0 Å². The van der Waals surface area contributed by atoms with Gasteiger partial charge in [-0.15, -0.1) is 0 Å². The molecule has 4 rings (SSSR count). The molecule has 0 bridgehead atoms. The molecule has 3 heterocycles. The van der Waals surface area contributed by atoms with Crippen LogP contribution >= 0.6 is 0 Å². The zero-order valence-electron chi connectivity index (χ0n) is 18.0. The lowest BCUT2D eigenvalue weighted by atomic mass is 9.89. The molecule has 1 N–H and O–H groups in total. The van der Waals surface area contributed by atoms with Gasteiger partial charge in [0.15, 0.2) is 5.78 Å². The van der Waals surface area contributed by atoms with Crippen LogP contribution in [0.2, 0.25) is 0 Å². The SMILES string of the molecule is CCOC(=O)c1c2c(n3ccc(NC(=O)CCN(C)C)cc13)C(=O)c1ncccc1C2=O. The fraction of sp³-hybridized carbons (Fsp3) is 0.261. The molecule has 0 unspecified atom stereocenters. The van der Waals surface area contributed by atoms with E-state index in [4.69, 9.17) is 4.74 Å². The molecule has 0 saturated heterocycles. The number of carbonyl (C=O) groups excluding carboxylic acids is 4. The summed E-state index contributed by atoms with van der Waals surface area (Å²) >= 11 is 0. The van der Waals surface area contributed by atoms with Gasteiger partial charge in [-0.1, -0.05) is 0 Å². The number of aromatic nitrogens is 2. The largest absolute Gasteiger partial charge is 0.462 e. The number of esters is 1. The number of fused-ring (bicyclic) bond motifs is 4. The highest BCUT2D eigenvalue weighted by molar-refractivity contribution is 6.31. The van der Waals surface area contributed by atoms with Crippen molar-refractivity contribution in [1.82, 2.24) is 14.3 Å². The van der Waals surface area contributed by atoms with E-state index in [2.05, 4.69) is 10.3 Å². The summed E-state index contributed by atoms with van der Waals surface area (Å²) in [5.41, 5.74) is 0.976. The third-order valence-electron chi connectivity index (χ3n) is 5.20. The molecule has 0 saturated carbocycles. The number of hydrogen-bond acceptors (Lipinski definition) is 7. The fourth-order valence-corrected chi connectivity index (χ4v) is 3.75. The normalized spacial score (nSPS) is 12.6. The predicted molar refractivity (Wildman–Crippen MR) is 116 cm³/mol. The molecule has 9 heteroatoms. The van der Waals surface area contributed by atoms with Crippen LogP contribution in [0.4, 0.5) is 5.69 Å². The maximum absolute atomic E-state index is 13.3. The van der Waals surface area contributed by atoms with Gasteiger partial charge in [0.2, 0.25) is 11.7 Å². The van der Waals surface area contributed by atoms with Crippen molar-refractivity contribution < 1.29 is 23.9 Å². The van der Waals surface area contributed by atoms with E-state index in [1.165, 1.54) is 16.7 Å². The second-order valence-electron chi connectivity index (χ2n) is 7.65. The Morgan fingerprint density at radius 2 is 1.97 bits per heavy atom. The molecule has 1 aliphatic carbocycles. The van der Waals surface area contributed by atoms with E-state index < -0.39 is 17.5 Å². The summed E-state index contributed by atoms with van der Waals surface area (Å²) in [4.78, 5) is 57.6. The summed E-state index contributed by atoms with van der Waals surface area (Å²) in [5, 5.41) is 2.79. The number of pyridine rings is 2. The summed E-state index contributed by atoms with van der Waals surface area (Å²) in [6, 6.07) is 6.26. The van der Waals surface area contributed by atoms with Crippen LogP contribution in [0, 0.1) is 0 Å². The number of carbonyl (C=O) groups is 4. The van der Waals surface area contributed by atoms with Gasteiger partial charge in [0.05, 0.1) is 28.8 Å². The molecular weight excluding hydrogens is 412 g/mol. The van der Waals surface area contributed by atoms with Gasteiger partial charge < -0.3 is 19.4 Å². The van der Waals surface area contributed by atoms with E-state index in [9.17, 15) is 19.2 Å². The molecule has 3 aromatic heterocycles. The number of nitrogens with one attached hydrogen (secondary N) is 1. The van der Waals surface area contributed by atoms with Crippen LogP contribution in [-0.2, 0) is 9.53 Å². The Morgan fingerprint density at radius 3 is 2.69 bits per heavy atom. The van der Waals surface area contributed by atoms with E-state index in [1.54, 1.807) is 31.3 Å². The van der Waals surface area contributed by atoms with Gasteiger partial charge >= 0.3 is 5.97 Å². The lowest BCUT2D eigenvalue weighted by Gasteiger charge is -2.14. The summed E-state index contributed by atoms with van der Waals surface area (Å²) in [6.07, 6.45) is 3.29. The Hall–Kier alpha value is -3.85. The molecule has 1 amide bonds. The molecule has 0 fully saturated rings. The maximum Gasteiger partial charge on any atom is 0.341 e. The van der Waals surface area contributed by atoms with E-state index in [-0.39, 0.29) is 40.6 Å². The molecule has 32 heavy (non-hydrogen) atoms. The van der Waals surface area contributed by atoms with Crippen molar-refractivity contribution in [1.29, 1.82) is 0 Å². The first-order valence-corrected chi connectivity index (χ1v) is 10.2. The van der Waals surface area contributed by atoms with Crippen molar-refractivity contribution in [2.45, 2.75) is 13.3 Å². The minimum Gasteiger partial charge on any atom is -0.462 e. The molecule has 0 atom stereocenters. The first-order chi connectivity index (χ1) is 15.3. The van der Waals surface area contributed by atoms with Crippen LogP contribution in [0.3, 0.4) is 0 Å². The van der Waals surface area contributed by atoms with Gasteiger partial charge in [-0.05, 0) is 45.3 Å². The summed E-state index contributed by atoms with van der Waals surface area (Å²) in [5.74, 6) is -1.83. The van der Waals surface area contributed by atoms with Gasteiger partial charge in [-0.25, -0.2) is 4.79 Å². The van der Waals surface area contributed by atoms with E-state index in [1.807, 2.05) is 19.0 Å². The maximum atomic E-state index is 13.3. The highest BCUT2D eigenvalue weighted by atomic mass is 16.5. The van der Waals surface area contributed by atoms with Crippen LogP contribution in [0.25, 0.3) is 5.52 Å². The molecular formula is C23H22N4O5.